The average molecular weight is 279 g/mol. The van der Waals surface area contributed by atoms with E-state index in [1.807, 2.05) is 35.9 Å². The third-order valence-corrected chi connectivity index (χ3v) is 4.02. The van der Waals surface area contributed by atoms with Crippen LogP contribution in [0, 0.1) is 6.92 Å². The summed E-state index contributed by atoms with van der Waals surface area (Å²) in [4.78, 5) is 1.14. The van der Waals surface area contributed by atoms with E-state index in [1.54, 1.807) is 11.8 Å². The molecule has 2 rings (SSSR count). The van der Waals surface area contributed by atoms with E-state index < -0.39 is 0 Å². The summed E-state index contributed by atoms with van der Waals surface area (Å²) in [5.41, 5.74) is 2.35. The first-order valence-electron chi connectivity index (χ1n) is 6.39. The van der Waals surface area contributed by atoms with Gasteiger partial charge in [-0.1, -0.05) is 25.6 Å². The SMILES string of the molecule is Cc1nn(C)c(Sc2cnn(C)c2)c1CNC(C)C. The van der Waals surface area contributed by atoms with Gasteiger partial charge in [0.1, 0.15) is 5.03 Å². The lowest BCUT2D eigenvalue weighted by molar-refractivity contribution is 0.580. The van der Waals surface area contributed by atoms with E-state index in [4.69, 9.17) is 0 Å². The molecule has 2 heterocycles. The molecule has 1 N–H and O–H groups in total. The highest BCUT2D eigenvalue weighted by atomic mass is 32.2. The fourth-order valence-corrected chi connectivity index (χ4v) is 2.93. The molecule has 0 saturated carbocycles. The Kier molecular flexibility index (Phi) is 4.31. The van der Waals surface area contributed by atoms with Crippen LogP contribution < -0.4 is 5.32 Å². The van der Waals surface area contributed by atoms with E-state index in [9.17, 15) is 0 Å². The molecule has 6 heteroatoms. The van der Waals surface area contributed by atoms with Crippen molar-refractivity contribution in [2.45, 2.75) is 43.3 Å². The lowest BCUT2D eigenvalue weighted by Crippen LogP contribution is -2.22. The number of hydrogen-bond acceptors (Lipinski definition) is 4. The van der Waals surface area contributed by atoms with Gasteiger partial charge in [-0.05, 0) is 6.92 Å². The highest BCUT2D eigenvalue weighted by Crippen LogP contribution is 2.31. The van der Waals surface area contributed by atoms with Gasteiger partial charge in [0, 0.05) is 38.4 Å². The zero-order valence-corrected chi connectivity index (χ0v) is 13.0. The van der Waals surface area contributed by atoms with Crippen LogP contribution >= 0.6 is 11.8 Å². The smallest absolute Gasteiger partial charge is 0.103 e. The quantitative estimate of drug-likeness (QED) is 0.910. The predicted molar refractivity (Wildman–Crippen MR) is 77.3 cm³/mol. The minimum absolute atomic E-state index is 0.468. The lowest BCUT2D eigenvalue weighted by atomic mass is 10.2. The molecule has 0 aliphatic carbocycles. The van der Waals surface area contributed by atoms with Gasteiger partial charge in [-0.25, -0.2) is 0 Å². The molecule has 5 nitrogen and oxygen atoms in total. The van der Waals surface area contributed by atoms with Gasteiger partial charge in [0.2, 0.25) is 0 Å². The van der Waals surface area contributed by atoms with E-state index in [1.165, 1.54) is 10.6 Å². The molecular weight excluding hydrogens is 258 g/mol. The molecule has 0 fully saturated rings. The molecule has 0 bridgehead atoms. The third-order valence-electron chi connectivity index (χ3n) is 2.87. The average Bonchev–Trinajstić information content (AvgIpc) is 2.83. The van der Waals surface area contributed by atoms with Crippen molar-refractivity contribution in [3.05, 3.63) is 23.7 Å². The Morgan fingerprint density at radius 1 is 1.37 bits per heavy atom. The van der Waals surface area contributed by atoms with Crippen LogP contribution in [0.4, 0.5) is 0 Å². The largest absolute Gasteiger partial charge is 0.310 e. The summed E-state index contributed by atoms with van der Waals surface area (Å²) in [5.74, 6) is 0. The number of nitrogens with zero attached hydrogens (tertiary/aromatic N) is 4. The van der Waals surface area contributed by atoms with Crippen molar-refractivity contribution in [2.24, 2.45) is 14.1 Å². The van der Waals surface area contributed by atoms with Crippen molar-refractivity contribution in [2.75, 3.05) is 0 Å². The summed E-state index contributed by atoms with van der Waals surface area (Å²) in [6.07, 6.45) is 3.90. The topological polar surface area (TPSA) is 47.7 Å². The van der Waals surface area contributed by atoms with Crippen LogP contribution in [0.25, 0.3) is 0 Å². The van der Waals surface area contributed by atoms with Gasteiger partial charge in [-0.15, -0.1) is 0 Å². The van der Waals surface area contributed by atoms with Crippen LogP contribution in [-0.4, -0.2) is 25.6 Å². The van der Waals surface area contributed by atoms with Crippen LogP contribution in [0.15, 0.2) is 22.3 Å². The first-order chi connectivity index (χ1) is 8.97. The van der Waals surface area contributed by atoms with Gasteiger partial charge in [-0.3, -0.25) is 9.36 Å². The van der Waals surface area contributed by atoms with E-state index >= 15 is 0 Å². The number of hydrogen-bond donors (Lipinski definition) is 1. The maximum atomic E-state index is 4.52. The van der Waals surface area contributed by atoms with Gasteiger partial charge in [0.05, 0.1) is 16.8 Å². The van der Waals surface area contributed by atoms with Crippen molar-refractivity contribution in [3.63, 3.8) is 0 Å². The summed E-state index contributed by atoms with van der Waals surface area (Å²) in [5, 5.41) is 13.4. The fraction of sp³-hybridized carbons (Fsp3) is 0.538. The highest BCUT2D eigenvalue weighted by molar-refractivity contribution is 7.99. The Balaban J connectivity index is 2.23. The third kappa shape index (κ3) is 3.39. The summed E-state index contributed by atoms with van der Waals surface area (Å²) < 4.78 is 3.77. The number of rotatable bonds is 5. The second kappa shape index (κ2) is 5.79. The highest BCUT2D eigenvalue weighted by Gasteiger charge is 2.15. The van der Waals surface area contributed by atoms with Crippen molar-refractivity contribution >= 4 is 11.8 Å². The first-order valence-corrected chi connectivity index (χ1v) is 7.21. The second-order valence-electron chi connectivity index (χ2n) is 4.98. The van der Waals surface area contributed by atoms with Gasteiger partial charge < -0.3 is 5.32 Å². The van der Waals surface area contributed by atoms with E-state index in [2.05, 4.69) is 36.3 Å². The Morgan fingerprint density at radius 2 is 2.11 bits per heavy atom. The normalized spacial score (nSPS) is 11.5. The monoisotopic (exact) mass is 279 g/mol. The summed E-state index contributed by atoms with van der Waals surface area (Å²) in [6, 6.07) is 0.468. The Bertz CT molecular complexity index is 555. The number of nitrogens with one attached hydrogen (secondary N) is 1. The van der Waals surface area contributed by atoms with Gasteiger partial charge in [-0.2, -0.15) is 10.2 Å². The molecule has 0 radical (unpaired) electrons. The Labute approximate surface area is 118 Å². The molecule has 0 amide bonds. The maximum absolute atomic E-state index is 4.52. The van der Waals surface area contributed by atoms with Gasteiger partial charge in [0.25, 0.3) is 0 Å². The van der Waals surface area contributed by atoms with Crippen molar-refractivity contribution in [1.29, 1.82) is 0 Å². The predicted octanol–water partition coefficient (Wildman–Crippen LogP) is 2.11. The zero-order valence-electron chi connectivity index (χ0n) is 12.1. The molecular formula is C13H21N5S. The van der Waals surface area contributed by atoms with Crippen LogP contribution in [-0.2, 0) is 20.6 Å². The Hall–Kier alpha value is -1.27. The molecule has 0 unspecified atom stereocenters. The molecule has 0 aromatic carbocycles. The lowest BCUT2D eigenvalue weighted by Gasteiger charge is -2.09. The van der Waals surface area contributed by atoms with Crippen LogP contribution in [0.1, 0.15) is 25.1 Å². The summed E-state index contributed by atoms with van der Waals surface area (Å²) >= 11 is 1.71. The molecule has 0 aliphatic heterocycles. The maximum Gasteiger partial charge on any atom is 0.103 e. The molecule has 0 aliphatic rings. The number of aromatic nitrogens is 4. The van der Waals surface area contributed by atoms with Crippen LogP contribution in [0.5, 0.6) is 0 Å². The Morgan fingerprint density at radius 3 is 2.68 bits per heavy atom. The fourth-order valence-electron chi connectivity index (χ4n) is 1.88. The first kappa shape index (κ1) is 14.1. The van der Waals surface area contributed by atoms with Crippen molar-refractivity contribution in [1.82, 2.24) is 24.9 Å². The van der Waals surface area contributed by atoms with E-state index in [0.717, 1.165) is 17.1 Å². The number of aryl methyl sites for hydroxylation is 3. The van der Waals surface area contributed by atoms with Crippen molar-refractivity contribution in [3.8, 4) is 0 Å². The van der Waals surface area contributed by atoms with Gasteiger partial charge >= 0.3 is 0 Å². The second-order valence-corrected chi connectivity index (χ2v) is 6.04. The minimum atomic E-state index is 0.468. The molecule has 104 valence electrons. The molecule has 0 saturated heterocycles. The van der Waals surface area contributed by atoms with E-state index in [-0.39, 0.29) is 0 Å². The zero-order chi connectivity index (χ0) is 14.0. The molecule has 2 aromatic heterocycles. The van der Waals surface area contributed by atoms with Crippen LogP contribution in [0.2, 0.25) is 0 Å². The van der Waals surface area contributed by atoms with Gasteiger partial charge in [0.15, 0.2) is 0 Å². The molecule has 0 atom stereocenters. The van der Waals surface area contributed by atoms with Crippen LogP contribution in [0.3, 0.4) is 0 Å². The molecule has 0 spiro atoms. The summed E-state index contributed by atoms with van der Waals surface area (Å²) in [6.45, 7) is 7.21. The molecule has 19 heavy (non-hydrogen) atoms. The van der Waals surface area contributed by atoms with E-state index in [0.29, 0.717) is 6.04 Å². The standard InChI is InChI=1S/C13H21N5S/c1-9(2)14-7-12-10(3)16-18(5)13(12)19-11-6-15-17(4)8-11/h6,8-9,14H,7H2,1-5H3. The van der Waals surface area contributed by atoms with Crippen molar-refractivity contribution < 1.29 is 0 Å². The molecule has 2 aromatic rings. The minimum Gasteiger partial charge on any atom is -0.310 e. The summed E-state index contributed by atoms with van der Waals surface area (Å²) in [7, 11) is 3.92.